The number of rotatable bonds is 0. The van der Waals surface area contributed by atoms with E-state index >= 15 is 0 Å². The molecule has 0 saturated heterocycles. The van der Waals surface area contributed by atoms with Crippen LogP contribution in [0.25, 0.3) is 0 Å². The van der Waals surface area contributed by atoms with E-state index in [4.69, 9.17) is 10.1 Å². The van der Waals surface area contributed by atoms with Crippen molar-refractivity contribution in [2.24, 2.45) is 5.73 Å². The van der Waals surface area contributed by atoms with Gasteiger partial charge in [0.25, 0.3) is 0 Å². The predicted octanol–water partition coefficient (Wildman–Crippen LogP) is 0.636. The molecule has 0 fully saturated rings. The highest BCUT2D eigenvalue weighted by molar-refractivity contribution is 5.63. The number of aromatic nitrogens is 1. The minimum atomic E-state index is -1.19. The van der Waals surface area contributed by atoms with Gasteiger partial charge in [0.15, 0.2) is 0 Å². The molecule has 5 nitrogen and oxygen atoms in total. The molecule has 5 heteroatoms. The summed E-state index contributed by atoms with van der Waals surface area (Å²) in [5, 5.41) is 7.17. The van der Waals surface area contributed by atoms with Gasteiger partial charge < -0.3 is 5.73 Å². The number of carbonyl (C=O) groups excluding carboxylic acids is 1. The Kier molecular flexibility index (Phi) is 5.54. The Hall–Kier alpha value is -1.62. The zero-order valence-electron chi connectivity index (χ0n) is 5.68. The average molecular weight is 156 g/mol. The summed E-state index contributed by atoms with van der Waals surface area (Å²) in [5.74, 6) is 0. The maximum absolute atomic E-state index is 9.12. The fourth-order valence-electron chi connectivity index (χ4n) is 0.313. The molecular formula is C6H8N2O3. The Morgan fingerprint density at radius 2 is 1.82 bits per heavy atom. The number of pyridine rings is 1. The van der Waals surface area contributed by atoms with Crippen molar-refractivity contribution in [2.45, 2.75) is 0 Å². The Labute approximate surface area is 63.4 Å². The zero-order valence-corrected chi connectivity index (χ0v) is 5.68. The fraction of sp³-hybridized carbons (Fsp3) is 0. The maximum Gasteiger partial charge on any atom is 0.435 e. The molecule has 1 aromatic rings. The molecule has 0 spiro atoms. The molecule has 0 unspecified atom stereocenters. The third-order valence-corrected chi connectivity index (χ3v) is 0.656. The molecule has 0 radical (unpaired) electrons. The first-order chi connectivity index (χ1) is 5.27. The molecule has 0 atom stereocenters. The Morgan fingerprint density at radius 1 is 1.36 bits per heavy atom. The van der Waals surface area contributed by atoms with Crippen LogP contribution in [0.1, 0.15) is 0 Å². The molecule has 1 rings (SSSR count). The van der Waals surface area contributed by atoms with Crippen LogP contribution in [0.4, 0.5) is 4.79 Å². The van der Waals surface area contributed by atoms with Crippen LogP contribution in [0.15, 0.2) is 30.6 Å². The van der Waals surface area contributed by atoms with E-state index in [2.05, 4.69) is 15.6 Å². The molecule has 3 N–H and O–H groups in total. The van der Waals surface area contributed by atoms with Crippen molar-refractivity contribution in [3.63, 3.8) is 0 Å². The Balaban J connectivity index is 0.000000187. The van der Waals surface area contributed by atoms with Gasteiger partial charge in [0.05, 0.1) is 0 Å². The van der Waals surface area contributed by atoms with Crippen LogP contribution in [0.2, 0.25) is 0 Å². The fourth-order valence-corrected chi connectivity index (χ4v) is 0.313. The van der Waals surface area contributed by atoms with Gasteiger partial charge in [-0.2, -0.15) is 5.26 Å². The minimum absolute atomic E-state index is 1.19. The van der Waals surface area contributed by atoms with Crippen LogP contribution in [0.3, 0.4) is 0 Å². The molecule has 60 valence electrons. The minimum Gasteiger partial charge on any atom is -0.333 e. The van der Waals surface area contributed by atoms with Crippen LogP contribution in [0, 0.1) is 0 Å². The summed E-state index contributed by atoms with van der Waals surface area (Å²) < 4.78 is 0. The van der Waals surface area contributed by atoms with E-state index in [1.807, 2.05) is 18.2 Å². The van der Waals surface area contributed by atoms with Crippen molar-refractivity contribution in [1.29, 1.82) is 0 Å². The lowest BCUT2D eigenvalue weighted by Gasteiger charge is -1.76. The van der Waals surface area contributed by atoms with Crippen molar-refractivity contribution in [1.82, 2.24) is 4.98 Å². The Bertz CT molecular complexity index is 164. The summed E-state index contributed by atoms with van der Waals surface area (Å²) in [5.41, 5.74) is 4.18. The number of hydrogen-bond donors (Lipinski definition) is 2. The first kappa shape index (κ1) is 9.38. The number of nitrogens with zero attached hydrogens (tertiary/aromatic N) is 1. The topological polar surface area (TPSA) is 85.4 Å². The zero-order chi connectivity index (χ0) is 8.53. The Morgan fingerprint density at radius 3 is 1.91 bits per heavy atom. The molecular weight excluding hydrogens is 148 g/mol. The number of carbonyl (C=O) groups is 1. The standard InChI is InChI=1S/C5H5N.CH3NO3/c1-2-4-6-5-3-1;2-1(3)5-4/h1-5H;4H,(H2,2,3). The van der Waals surface area contributed by atoms with Crippen molar-refractivity contribution in [2.75, 3.05) is 0 Å². The van der Waals surface area contributed by atoms with Crippen molar-refractivity contribution >= 4 is 6.09 Å². The van der Waals surface area contributed by atoms with Gasteiger partial charge >= 0.3 is 6.09 Å². The highest BCUT2D eigenvalue weighted by Crippen LogP contribution is 1.73. The molecule has 11 heavy (non-hydrogen) atoms. The largest absolute Gasteiger partial charge is 0.435 e. The molecule has 0 aliphatic carbocycles. The van der Waals surface area contributed by atoms with Crippen LogP contribution in [0.5, 0.6) is 0 Å². The molecule has 0 aromatic carbocycles. The van der Waals surface area contributed by atoms with Gasteiger partial charge in [-0.1, -0.05) is 6.07 Å². The molecule has 0 saturated carbocycles. The normalized spacial score (nSPS) is 7.36. The van der Waals surface area contributed by atoms with Gasteiger partial charge in [0.1, 0.15) is 0 Å². The SMILES string of the molecule is NC(=O)OO.c1ccncc1. The van der Waals surface area contributed by atoms with Crippen molar-refractivity contribution in [3.05, 3.63) is 30.6 Å². The predicted molar refractivity (Wildman–Crippen MR) is 37.5 cm³/mol. The smallest absolute Gasteiger partial charge is 0.333 e. The van der Waals surface area contributed by atoms with Gasteiger partial charge in [0, 0.05) is 12.4 Å². The van der Waals surface area contributed by atoms with E-state index in [1.165, 1.54) is 0 Å². The van der Waals surface area contributed by atoms with E-state index in [1.54, 1.807) is 12.4 Å². The molecule has 1 heterocycles. The lowest BCUT2D eigenvalue weighted by atomic mass is 10.5. The number of hydrogen-bond acceptors (Lipinski definition) is 4. The van der Waals surface area contributed by atoms with E-state index in [0.717, 1.165) is 0 Å². The third-order valence-electron chi connectivity index (χ3n) is 0.656. The number of primary amides is 1. The summed E-state index contributed by atoms with van der Waals surface area (Å²) >= 11 is 0. The first-order valence-corrected chi connectivity index (χ1v) is 2.73. The second-order valence-electron chi connectivity index (χ2n) is 1.43. The van der Waals surface area contributed by atoms with Crippen LogP contribution in [-0.4, -0.2) is 16.3 Å². The first-order valence-electron chi connectivity index (χ1n) is 2.73. The van der Waals surface area contributed by atoms with Crippen LogP contribution >= 0.6 is 0 Å². The van der Waals surface area contributed by atoms with Crippen LogP contribution < -0.4 is 5.73 Å². The van der Waals surface area contributed by atoms with E-state index in [-0.39, 0.29) is 0 Å². The van der Waals surface area contributed by atoms with E-state index in [0.29, 0.717) is 0 Å². The molecule has 1 aromatic heterocycles. The molecule has 0 aliphatic rings. The summed E-state index contributed by atoms with van der Waals surface area (Å²) in [6.45, 7) is 0. The van der Waals surface area contributed by atoms with Gasteiger partial charge in [-0.05, 0) is 12.1 Å². The highest BCUT2D eigenvalue weighted by Gasteiger charge is 1.79. The number of nitrogens with two attached hydrogens (primary N) is 1. The second-order valence-corrected chi connectivity index (χ2v) is 1.43. The van der Waals surface area contributed by atoms with Gasteiger partial charge in [-0.25, -0.2) is 4.79 Å². The van der Waals surface area contributed by atoms with Gasteiger partial charge in [-0.3, -0.25) is 9.87 Å². The quantitative estimate of drug-likeness (QED) is 0.426. The van der Waals surface area contributed by atoms with Gasteiger partial charge in [0.2, 0.25) is 0 Å². The summed E-state index contributed by atoms with van der Waals surface area (Å²) in [6, 6.07) is 5.72. The maximum atomic E-state index is 9.12. The van der Waals surface area contributed by atoms with Gasteiger partial charge in [-0.15, -0.1) is 0 Å². The lowest BCUT2D eigenvalue weighted by Crippen LogP contribution is -2.09. The number of amides is 1. The summed E-state index contributed by atoms with van der Waals surface area (Å²) in [7, 11) is 0. The molecule has 1 amide bonds. The summed E-state index contributed by atoms with van der Waals surface area (Å²) in [4.78, 5) is 15.8. The lowest BCUT2D eigenvalue weighted by molar-refractivity contribution is -0.174. The van der Waals surface area contributed by atoms with Crippen molar-refractivity contribution < 1.29 is 14.9 Å². The van der Waals surface area contributed by atoms with Crippen LogP contribution in [-0.2, 0) is 4.89 Å². The average Bonchev–Trinajstić information content (AvgIpc) is 2.09. The summed E-state index contributed by atoms with van der Waals surface area (Å²) in [6.07, 6.45) is 2.31. The molecule has 0 aliphatic heterocycles. The highest BCUT2D eigenvalue weighted by atomic mass is 17.1. The van der Waals surface area contributed by atoms with E-state index in [9.17, 15) is 0 Å². The third kappa shape index (κ3) is 8.38. The second kappa shape index (κ2) is 6.50. The van der Waals surface area contributed by atoms with Crippen molar-refractivity contribution in [3.8, 4) is 0 Å². The van der Waals surface area contributed by atoms with E-state index < -0.39 is 6.09 Å². The molecule has 0 bridgehead atoms. The monoisotopic (exact) mass is 156 g/mol.